The third-order valence-electron chi connectivity index (χ3n) is 5.80. The van der Waals surface area contributed by atoms with Crippen LogP contribution in [0.5, 0.6) is 11.5 Å². The third-order valence-corrected chi connectivity index (χ3v) is 5.80. The smallest absolute Gasteiger partial charge is 0.173 e. The molecular formula is C20H32N6O2. The molecule has 0 aliphatic carbocycles. The maximum atomic E-state index is 5.56. The Balaban J connectivity index is 2.08. The molecule has 0 amide bonds. The molecule has 1 atom stereocenters. The lowest BCUT2D eigenvalue weighted by atomic mass is 9.98. The molecule has 3 rings (SSSR count). The predicted molar refractivity (Wildman–Crippen MR) is 108 cm³/mol. The van der Waals surface area contributed by atoms with Gasteiger partial charge in [0.1, 0.15) is 0 Å². The van der Waals surface area contributed by atoms with Gasteiger partial charge in [-0.1, -0.05) is 13.0 Å². The molecule has 1 saturated heterocycles. The largest absolute Gasteiger partial charge is 0.493 e. The van der Waals surface area contributed by atoms with Gasteiger partial charge in [-0.25, -0.2) is 4.68 Å². The summed E-state index contributed by atoms with van der Waals surface area (Å²) in [6, 6.07) is 6.03. The van der Waals surface area contributed by atoms with E-state index in [-0.39, 0.29) is 11.6 Å². The van der Waals surface area contributed by atoms with Gasteiger partial charge in [0.25, 0.3) is 0 Å². The van der Waals surface area contributed by atoms with Crippen molar-refractivity contribution in [1.82, 2.24) is 30.0 Å². The lowest BCUT2D eigenvalue weighted by Crippen LogP contribution is -2.47. The molecule has 8 heteroatoms. The second-order valence-corrected chi connectivity index (χ2v) is 7.97. The highest BCUT2D eigenvalue weighted by Crippen LogP contribution is 2.36. The van der Waals surface area contributed by atoms with E-state index in [1.807, 2.05) is 16.8 Å². The minimum atomic E-state index is -0.166. The van der Waals surface area contributed by atoms with Crippen molar-refractivity contribution < 1.29 is 9.47 Å². The Hall–Kier alpha value is -2.19. The average molecular weight is 389 g/mol. The van der Waals surface area contributed by atoms with E-state index in [0.29, 0.717) is 5.75 Å². The number of methoxy groups -OCH3 is 2. The quantitative estimate of drug-likeness (QED) is 0.720. The molecule has 0 N–H and O–H groups in total. The highest BCUT2D eigenvalue weighted by Gasteiger charge is 2.34. The summed E-state index contributed by atoms with van der Waals surface area (Å²) < 4.78 is 13.0. The van der Waals surface area contributed by atoms with E-state index in [0.717, 1.165) is 49.7 Å². The molecule has 0 spiro atoms. The summed E-state index contributed by atoms with van der Waals surface area (Å²) in [7, 11) is 5.48. The molecule has 1 aliphatic rings. The number of hydrogen-bond acceptors (Lipinski definition) is 7. The summed E-state index contributed by atoms with van der Waals surface area (Å²) in [5, 5.41) is 12.9. The molecule has 0 saturated carbocycles. The number of aromatic nitrogens is 4. The molecule has 0 bridgehead atoms. The van der Waals surface area contributed by atoms with Crippen LogP contribution in [0.15, 0.2) is 18.2 Å². The molecule has 1 aromatic carbocycles. The molecule has 28 heavy (non-hydrogen) atoms. The van der Waals surface area contributed by atoms with E-state index in [9.17, 15) is 0 Å². The van der Waals surface area contributed by atoms with Gasteiger partial charge in [-0.2, -0.15) is 0 Å². The summed E-state index contributed by atoms with van der Waals surface area (Å²) in [6.07, 6.45) is 0.937. The Morgan fingerprint density at radius 3 is 2.36 bits per heavy atom. The normalized spacial score (nSPS) is 17.5. The first-order valence-electron chi connectivity index (χ1n) is 9.84. The van der Waals surface area contributed by atoms with E-state index in [2.05, 4.69) is 59.2 Å². The van der Waals surface area contributed by atoms with Crippen LogP contribution in [0.25, 0.3) is 0 Å². The SMILES string of the molecule is CCC(C)(C)n1nnnc1[C@H](c1ccc(OC)c(OC)c1)N1CCN(C)CC1. The number of ether oxygens (including phenoxy) is 2. The monoisotopic (exact) mass is 388 g/mol. The maximum absolute atomic E-state index is 5.56. The zero-order valence-electron chi connectivity index (χ0n) is 17.8. The minimum absolute atomic E-state index is 0.0469. The molecule has 154 valence electrons. The fourth-order valence-electron chi connectivity index (χ4n) is 3.57. The summed E-state index contributed by atoms with van der Waals surface area (Å²) in [4.78, 5) is 4.80. The topological polar surface area (TPSA) is 68.5 Å². The number of benzene rings is 1. The molecule has 0 unspecified atom stereocenters. The predicted octanol–water partition coefficient (Wildman–Crippen LogP) is 2.17. The van der Waals surface area contributed by atoms with Crippen LogP contribution in [0.3, 0.4) is 0 Å². The molecule has 1 fully saturated rings. The van der Waals surface area contributed by atoms with Gasteiger partial charge in [-0.3, -0.25) is 4.90 Å². The van der Waals surface area contributed by atoms with Gasteiger partial charge in [-0.15, -0.1) is 5.10 Å². The van der Waals surface area contributed by atoms with Gasteiger partial charge < -0.3 is 14.4 Å². The lowest BCUT2D eigenvalue weighted by Gasteiger charge is -2.38. The lowest BCUT2D eigenvalue weighted by molar-refractivity contribution is 0.117. The van der Waals surface area contributed by atoms with Crippen molar-refractivity contribution in [3.63, 3.8) is 0 Å². The molecular weight excluding hydrogens is 356 g/mol. The Labute approximate surface area is 167 Å². The molecule has 8 nitrogen and oxygen atoms in total. The van der Waals surface area contributed by atoms with E-state index in [1.165, 1.54) is 0 Å². The Morgan fingerprint density at radius 1 is 1.07 bits per heavy atom. The first kappa shape index (κ1) is 20.5. The van der Waals surface area contributed by atoms with Crippen LogP contribution < -0.4 is 9.47 Å². The van der Waals surface area contributed by atoms with Crippen LogP contribution in [0.1, 0.15) is 44.6 Å². The summed E-state index contributed by atoms with van der Waals surface area (Å²) in [5.41, 5.74) is 0.936. The van der Waals surface area contributed by atoms with Gasteiger partial charge in [0.2, 0.25) is 0 Å². The van der Waals surface area contributed by atoms with Crippen molar-refractivity contribution in [2.45, 2.75) is 38.8 Å². The second-order valence-electron chi connectivity index (χ2n) is 7.97. The Bertz CT molecular complexity index is 783. The standard InChI is InChI=1S/C20H32N6O2/c1-7-20(2,3)26-19(21-22-23-26)18(25-12-10-24(4)11-13-25)15-8-9-16(27-5)17(14-15)28-6/h8-9,14,18H,7,10-13H2,1-6H3/t18-/m0/s1. The van der Waals surface area contributed by atoms with E-state index >= 15 is 0 Å². The van der Waals surface area contributed by atoms with Crippen molar-refractivity contribution in [2.75, 3.05) is 47.4 Å². The Kier molecular flexibility index (Phi) is 6.20. The average Bonchev–Trinajstić information content (AvgIpc) is 3.19. The highest BCUT2D eigenvalue weighted by atomic mass is 16.5. The fraction of sp³-hybridized carbons (Fsp3) is 0.650. The van der Waals surface area contributed by atoms with E-state index in [1.54, 1.807) is 14.2 Å². The zero-order chi connectivity index (χ0) is 20.3. The second kappa shape index (κ2) is 8.45. The molecule has 0 radical (unpaired) electrons. The summed E-state index contributed by atoms with van der Waals surface area (Å²) in [5.74, 6) is 2.30. The number of rotatable bonds is 7. The van der Waals surface area contributed by atoms with Crippen LogP contribution in [0.4, 0.5) is 0 Å². The van der Waals surface area contributed by atoms with Crippen LogP contribution >= 0.6 is 0 Å². The number of likely N-dealkylation sites (N-methyl/N-ethyl adjacent to an activating group) is 1. The molecule has 2 heterocycles. The summed E-state index contributed by atoms with van der Waals surface area (Å²) in [6.45, 7) is 10.4. The van der Waals surface area contributed by atoms with Crippen molar-refractivity contribution >= 4 is 0 Å². The van der Waals surface area contributed by atoms with Crippen molar-refractivity contribution in [1.29, 1.82) is 0 Å². The molecule has 2 aromatic rings. The van der Waals surface area contributed by atoms with Gasteiger partial charge in [-0.05, 0) is 55.4 Å². The van der Waals surface area contributed by atoms with Crippen LogP contribution in [0, 0.1) is 0 Å². The third kappa shape index (κ3) is 3.98. The van der Waals surface area contributed by atoms with Gasteiger partial charge in [0, 0.05) is 26.2 Å². The van der Waals surface area contributed by atoms with Crippen LogP contribution in [-0.2, 0) is 5.54 Å². The van der Waals surface area contributed by atoms with Crippen LogP contribution in [-0.4, -0.2) is 77.5 Å². The van der Waals surface area contributed by atoms with Crippen molar-refractivity contribution in [2.24, 2.45) is 0 Å². The van der Waals surface area contributed by atoms with Crippen LogP contribution in [0.2, 0.25) is 0 Å². The van der Waals surface area contributed by atoms with Gasteiger partial charge in [0.15, 0.2) is 17.3 Å². The van der Waals surface area contributed by atoms with E-state index in [4.69, 9.17) is 9.47 Å². The maximum Gasteiger partial charge on any atom is 0.173 e. The van der Waals surface area contributed by atoms with Crippen molar-refractivity contribution in [3.8, 4) is 11.5 Å². The minimum Gasteiger partial charge on any atom is -0.493 e. The van der Waals surface area contributed by atoms with Crippen molar-refractivity contribution in [3.05, 3.63) is 29.6 Å². The Morgan fingerprint density at radius 2 is 1.75 bits per heavy atom. The zero-order valence-corrected chi connectivity index (χ0v) is 17.8. The van der Waals surface area contributed by atoms with E-state index < -0.39 is 0 Å². The number of piperazine rings is 1. The van der Waals surface area contributed by atoms with Gasteiger partial charge >= 0.3 is 0 Å². The highest BCUT2D eigenvalue weighted by molar-refractivity contribution is 5.45. The number of tetrazole rings is 1. The van der Waals surface area contributed by atoms with Gasteiger partial charge in [0.05, 0.1) is 25.8 Å². The molecule has 1 aromatic heterocycles. The number of nitrogens with zero attached hydrogens (tertiary/aromatic N) is 6. The number of hydrogen-bond donors (Lipinski definition) is 0. The first-order chi connectivity index (χ1) is 13.4. The summed E-state index contributed by atoms with van der Waals surface area (Å²) >= 11 is 0. The fourth-order valence-corrected chi connectivity index (χ4v) is 3.57. The molecule has 1 aliphatic heterocycles. The first-order valence-corrected chi connectivity index (χ1v) is 9.84.